The highest BCUT2D eigenvalue weighted by Gasteiger charge is 2.13. The molecule has 0 saturated carbocycles. The topological polar surface area (TPSA) is 84.6 Å². The number of nitrogens with zero attached hydrogens (tertiary/aromatic N) is 5. The van der Waals surface area contributed by atoms with Gasteiger partial charge in [0.25, 0.3) is 5.91 Å². The van der Waals surface area contributed by atoms with E-state index in [0.29, 0.717) is 0 Å². The molecule has 1 fully saturated rings. The van der Waals surface area contributed by atoms with E-state index in [4.69, 9.17) is 4.74 Å². The fraction of sp³-hybridized carbons (Fsp3) is 0.294. The largest absolute Gasteiger partial charge is 0.378 e. The third kappa shape index (κ3) is 3.73. The SMILES string of the molecule is O=C(Cn1nnc2ccccc21)N/N=C\c1ccc(N2CCOCC2)s1. The van der Waals surface area contributed by atoms with Crippen LogP contribution in [0.4, 0.5) is 5.00 Å². The number of fused-ring (bicyclic) bond motifs is 1. The van der Waals surface area contributed by atoms with Crippen LogP contribution in [-0.4, -0.2) is 53.4 Å². The van der Waals surface area contributed by atoms with Crippen LogP contribution in [0.2, 0.25) is 0 Å². The highest BCUT2D eigenvalue weighted by atomic mass is 32.1. The van der Waals surface area contributed by atoms with Crippen molar-refractivity contribution in [3.63, 3.8) is 0 Å². The predicted molar refractivity (Wildman–Crippen MR) is 101 cm³/mol. The molecule has 3 aromatic rings. The minimum absolute atomic E-state index is 0.0708. The molecule has 0 bridgehead atoms. The summed E-state index contributed by atoms with van der Waals surface area (Å²) in [4.78, 5) is 15.3. The molecule has 1 saturated heterocycles. The van der Waals surface area contributed by atoms with Crippen LogP contribution in [0.5, 0.6) is 0 Å². The number of benzene rings is 1. The van der Waals surface area contributed by atoms with E-state index >= 15 is 0 Å². The zero-order valence-corrected chi connectivity index (χ0v) is 14.9. The van der Waals surface area contributed by atoms with E-state index in [0.717, 1.165) is 42.2 Å². The molecule has 1 aromatic carbocycles. The van der Waals surface area contributed by atoms with Crippen molar-refractivity contribution in [1.82, 2.24) is 20.4 Å². The minimum Gasteiger partial charge on any atom is -0.378 e. The molecule has 0 aliphatic carbocycles. The first-order chi connectivity index (χ1) is 12.8. The molecule has 1 aliphatic rings. The van der Waals surface area contributed by atoms with Crippen LogP contribution in [0.1, 0.15) is 4.88 Å². The number of amides is 1. The van der Waals surface area contributed by atoms with Crippen molar-refractivity contribution >= 4 is 39.5 Å². The molecule has 2 aromatic heterocycles. The first-order valence-corrected chi connectivity index (χ1v) is 9.14. The lowest BCUT2D eigenvalue weighted by Crippen LogP contribution is -2.35. The number of carbonyl (C=O) groups is 1. The number of morpholine rings is 1. The summed E-state index contributed by atoms with van der Waals surface area (Å²) in [6.45, 7) is 3.39. The summed E-state index contributed by atoms with van der Waals surface area (Å²) in [5.41, 5.74) is 4.12. The normalized spacial score (nSPS) is 15.0. The van der Waals surface area contributed by atoms with Gasteiger partial charge >= 0.3 is 0 Å². The molecule has 0 spiro atoms. The van der Waals surface area contributed by atoms with Gasteiger partial charge in [-0.15, -0.1) is 16.4 Å². The van der Waals surface area contributed by atoms with Crippen LogP contribution < -0.4 is 10.3 Å². The predicted octanol–water partition coefficient (Wildman–Crippen LogP) is 1.48. The summed E-state index contributed by atoms with van der Waals surface area (Å²) >= 11 is 1.64. The molecular weight excluding hydrogens is 352 g/mol. The smallest absolute Gasteiger partial charge is 0.261 e. The summed E-state index contributed by atoms with van der Waals surface area (Å²) < 4.78 is 6.92. The first-order valence-electron chi connectivity index (χ1n) is 8.32. The van der Waals surface area contributed by atoms with Crippen LogP contribution in [0.15, 0.2) is 41.5 Å². The minimum atomic E-state index is -0.248. The van der Waals surface area contributed by atoms with Crippen LogP contribution in [0.25, 0.3) is 11.0 Å². The first kappa shape index (κ1) is 16.7. The average molecular weight is 370 g/mol. The Morgan fingerprint density at radius 2 is 2.12 bits per heavy atom. The van der Waals surface area contributed by atoms with Crippen LogP contribution in [0, 0.1) is 0 Å². The monoisotopic (exact) mass is 370 g/mol. The van der Waals surface area contributed by atoms with Gasteiger partial charge in [-0.2, -0.15) is 5.10 Å². The van der Waals surface area contributed by atoms with Gasteiger partial charge in [0.1, 0.15) is 12.1 Å². The number of carbonyl (C=O) groups excluding carboxylic acids is 1. The van der Waals surface area contributed by atoms with Crippen molar-refractivity contribution in [2.75, 3.05) is 31.2 Å². The van der Waals surface area contributed by atoms with Gasteiger partial charge in [-0.25, -0.2) is 10.1 Å². The van der Waals surface area contributed by atoms with Crippen molar-refractivity contribution in [3.8, 4) is 0 Å². The highest BCUT2D eigenvalue weighted by molar-refractivity contribution is 7.17. The molecule has 3 heterocycles. The van der Waals surface area contributed by atoms with Gasteiger partial charge in [0.2, 0.25) is 0 Å². The van der Waals surface area contributed by atoms with Gasteiger partial charge in [-0.05, 0) is 24.3 Å². The average Bonchev–Trinajstić information content (AvgIpc) is 3.30. The van der Waals surface area contributed by atoms with Gasteiger partial charge in [-0.3, -0.25) is 4.79 Å². The number of anilines is 1. The molecule has 8 nitrogen and oxygen atoms in total. The third-order valence-corrected chi connectivity index (χ3v) is 5.11. The van der Waals surface area contributed by atoms with Crippen LogP contribution in [0.3, 0.4) is 0 Å². The molecule has 0 atom stereocenters. The summed E-state index contributed by atoms with van der Waals surface area (Å²) in [5.74, 6) is -0.248. The molecule has 26 heavy (non-hydrogen) atoms. The number of hydrazone groups is 1. The Labute approximate surface area is 154 Å². The maximum absolute atomic E-state index is 12.1. The molecule has 9 heteroatoms. The number of ether oxygens (including phenoxy) is 1. The zero-order chi connectivity index (χ0) is 17.8. The summed E-state index contributed by atoms with van der Waals surface area (Å²) in [6, 6.07) is 11.6. The Morgan fingerprint density at radius 1 is 1.27 bits per heavy atom. The molecular formula is C17H18N6O2S. The standard InChI is InChI=1S/C17H18N6O2S/c24-16(12-23-15-4-2-1-3-14(15)19-21-23)20-18-11-13-5-6-17(26-13)22-7-9-25-10-8-22/h1-6,11H,7-10,12H2,(H,20,24)/b18-11-. The number of rotatable bonds is 5. The lowest BCUT2D eigenvalue weighted by Gasteiger charge is -2.27. The Bertz CT molecular complexity index is 928. The van der Waals surface area contributed by atoms with E-state index in [-0.39, 0.29) is 12.5 Å². The summed E-state index contributed by atoms with van der Waals surface area (Å²) in [7, 11) is 0. The number of hydrogen-bond donors (Lipinski definition) is 1. The van der Waals surface area contributed by atoms with Crippen molar-refractivity contribution < 1.29 is 9.53 Å². The zero-order valence-electron chi connectivity index (χ0n) is 14.0. The van der Waals surface area contributed by atoms with Crippen molar-refractivity contribution in [1.29, 1.82) is 0 Å². The molecule has 1 amide bonds. The number of hydrogen-bond acceptors (Lipinski definition) is 7. The fourth-order valence-corrected chi connectivity index (χ4v) is 3.67. The molecule has 1 N–H and O–H groups in total. The van der Waals surface area contributed by atoms with Crippen LogP contribution in [-0.2, 0) is 16.1 Å². The van der Waals surface area contributed by atoms with Crippen molar-refractivity contribution in [3.05, 3.63) is 41.3 Å². The Balaban J connectivity index is 1.33. The van der Waals surface area contributed by atoms with Gasteiger partial charge in [0.15, 0.2) is 0 Å². The molecule has 1 aliphatic heterocycles. The highest BCUT2D eigenvalue weighted by Crippen LogP contribution is 2.25. The number of para-hydroxylation sites is 1. The quantitative estimate of drug-likeness (QED) is 0.543. The summed E-state index contributed by atoms with van der Waals surface area (Å²) in [6.07, 6.45) is 1.66. The van der Waals surface area contributed by atoms with E-state index in [1.165, 1.54) is 5.00 Å². The van der Waals surface area contributed by atoms with E-state index in [1.807, 2.05) is 30.3 Å². The van der Waals surface area contributed by atoms with Crippen molar-refractivity contribution in [2.45, 2.75) is 6.54 Å². The number of thiophene rings is 1. The van der Waals surface area contributed by atoms with Gasteiger partial charge in [0.05, 0.1) is 29.9 Å². The van der Waals surface area contributed by atoms with E-state index in [1.54, 1.807) is 22.2 Å². The lowest BCUT2D eigenvalue weighted by atomic mass is 10.3. The van der Waals surface area contributed by atoms with Crippen LogP contribution >= 0.6 is 11.3 Å². The molecule has 0 radical (unpaired) electrons. The second kappa shape index (κ2) is 7.63. The number of aromatic nitrogens is 3. The molecule has 134 valence electrons. The summed E-state index contributed by atoms with van der Waals surface area (Å²) in [5, 5.41) is 13.3. The van der Waals surface area contributed by atoms with Crippen molar-refractivity contribution in [2.24, 2.45) is 5.10 Å². The Hall–Kier alpha value is -2.78. The number of nitrogens with one attached hydrogen (secondary N) is 1. The van der Waals surface area contributed by atoms with Gasteiger partial charge in [-0.1, -0.05) is 17.3 Å². The van der Waals surface area contributed by atoms with Gasteiger partial charge < -0.3 is 9.64 Å². The van der Waals surface area contributed by atoms with E-state index in [9.17, 15) is 4.79 Å². The Morgan fingerprint density at radius 3 is 3.00 bits per heavy atom. The second-order valence-electron chi connectivity index (χ2n) is 5.80. The second-order valence-corrected chi connectivity index (χ2v) is 6.90. The van der Waals surface area contributed by atoms with E-state index in [2.05, 4.69) is 31.8 Å². The third-order valence-electron chi connectivity index (χ3n) is 4.03. The van der Waals surface area contributed by atoms with Gasteiger partial charge in [0, 0.05) is 18.0 Å². The molecule has 4 rings (SSSR count). The van der Waals surface area contributed by atoms with E-state index < -0.39 is 0 Å². The molecule has 0 unspecified atom stereocenters. The lowest BCUT2D eigenvalue weighted by molar-refractivity contribution is -0.121. The maximum Gasteiger partial charge on any atom is 0.261 e. The fourth-order valence-electron chi connectivity index (χ4n) is 2.74. The Kier molecular flexibility index (Phi) is 4.89. The maximum atomic E-state index is 12.1.